The second-order valence-corrected chi connectivity index (χ2v) is 6.84. The quantitative estimate of drug-likeness (QED) is 0.925. The summed E-state index contributed by atoms with van der Waals surface area (Å²) in [5.74, 6) is 0. The Bertz CT molecular complexity index is 555. The molecule has 1 aromatic carbocycles. The van der Waals surface area contributed by atoms with E-state index in [1.54, 1.807) is 18.4 Å². The van der Waals surface area contributed by atoms with E-state index in [1.165, 1.54) is 0 Å². The number of rotatable bonds is 4. The lowest BCUT2D eigenvalue weighted by atomic mass is 9.89. The predicted octanol–water partition coefficient (Wildman–Crippen LogP) is 4.00. The Labute approximate surface area is 124 Å². The van der Waals surface area contributed by atoms with Crippen LogP contribution in [-0.4, -0.2) is 12.1 Å². The average Bonchev–Trinajstić information content (AvgIpc) is 2.87. The van der Waals surface area contributed by atoms with Crippen LogP contribution in [0.4, 0.5) is 0 Å². The van der Waals surface area contributed by atoms with E-state index >= 15 is 0 Å². The third-order valence-electron chi connectivity index (χ3n) is 3.25. The third-order valence-corrected chi connectivity index (χ3v) is 4.14. The SMILES string of the molecule is COC(c1nc(-c2ccc(CN)cc2)cs1)C(C)(C)C. The summed E-state index contributed by atoms with van der Waals surface area (Å²) < 4.78 is 5.62. The molecular weight excluding hydrogens is 268 g/mol. The molecule has 3 nitrogen and oxygen atoms in total. The van der Waals surface area contributed by atoms with Crippen molar-refractivity contribution >= 4 is 11.3 Å². The molecule has 2 aromatic rings. The topological polar surface area (TPSA) is 48.1 Å². The maximum absolute atomic E-state index is 5.62. The number of thiazole rings is 1. The van der Waals surface area contributed by atoms with Gasteiger partial charge in [-0.2, -0.15) is 0 Å². The highest BCUT2D eigenvalue weighted by atomic mass is 32.1. The van der Waals surface area contributed by atoms with Crippen molar-refractivity contribution in [1.82, 2.24) is 4.98 Å². The first kappa shape index (κ1) is 15.2. The van der Waals surface area contributed by atoms with Crippen molar-refractivity contribution in [3.05, 3.63) is 40.2 Å². The van der Waals surface area contributed by atoms with Crippen LogP contribution in [0.3, 0.4) is 0 Å². The van der Waals surface area contributed by atoms with Crippen molar-refractivity contribution in [2.45, 2.75) is 33.4 Å². The van der Waals surface area contributed by atoms with Crippen LogP contribution in [0.2, 0.25) is 0 Å². The van der Waals surface area contributed by atoms with Gasteiger partial charge in [-0.3, -0.25) is 0 Å². The Kier molecular flexibility index (Phi) is 4.58. The fourth-order valence-electron chi connectivity index (χ4n) is 2.18. The van der Waals surface area contributed by atoms with Gasteiger partial charge in [-0.05, 0) is 11.0 Å². The lowest BCUT2D eigenvalue weighted by Crippen LogP contribution is -2.19. The first-order valence-corrected chi connectivity index (χ1v) is 7.61. The highest BCUT2D eigenvalue weighted by Crippen LogP contribution is 2.38. The molecule has 0 amide bonds. The zero-order chi connectivity index (χ0) is 14.8. The Morgan fingerprint density at radius 2 is 1.90 bits per heavy atom. The fraction of sp³-hybridized carbons (Fsp3) is 0.438. The minimum absolute atomic E-state index is 0.0181. The molecule has 2 N–H and O–H groups in total. The molecule has 20 heavy (non-hydrogen) atoms. The van der Waals surface area contributed by atoms with Gasteiger partial charge >= 0.3 is 0 Å². The Morgan fingerprint density at radius 3 is 2.40 bits per heavy atom. The Hall–Kier alpha value is -1.23. The van der Waals surface area contributed by atoms with E-state index in [9.17, 15) is 0 Å². The molecule has 108 valence electrons. The normalized spacial score (nSPS) is 13.4. The highest BCUT2D eigenvalue weighted by molar-refractivity contribution is 7.10. The van der Waals surface area contributed by atoms with Crippen LogP contribution in [0, 0.1) is 5.41 Å². The molecule has 1 atom stereocenters. The standard InChI is InChI=1S/C16H22N2OS/c1-16(2,3)14(19-4)15-18-13(10-20-15)12-7-5-11(9-17)6-8-12/h5-8,10,14H,9,17H2,1-4H3. The Morgan fingerprint density at radius 1 is 1.25 bits per heavy atom. The van der Waals surface area contributed by atoms with Gasteiger partial charge in [0.05, 0.1) is 5.69 Å². The van der Waals surface area contributed by atoms with Gasteiger partial charge in [-0.1, -0.05) is 45.0 Å². The molecule has 0 fully saturated rings. The summed E-state index contributed by atoms with van der Waals surface area (Å²) in [5, 5.41) is 3.11. The van der Waals surface area contributed by atoms with Crippen LogP contribution in [0.15, 0.2) is 29.6 Å². The summed E-state index contributed by atoms with van der Waals surface area (Å²) in [7, 11) is 1.74. The van der Waals surface area contributed by atoms with E-state index in [1.807, 2.05) is 12.1 Å². The zero-order valence-corrected chi connectivity index (χ0v) is 13.3. The van der Waals surface area contributed by atoms with Gasteiger partial charge in [-0.15, -0.1) is 11.3 Å². The first-order valence-electron chi connectivity index (χ1n) is 6.73. The van der Waals surface area contributed by atoms with E-state index in [4.69, 9.17) is 15.5 Å². The van der Waals surface area contributed by atoms with Gasteiger partial charge in [0, 0.05) is 24.6 Å². The molecule has 1 unspecified atom stereocenters. The van der Waals surface area contributed by atoms with E-state index in [-0.39, 0.29) is 11.5 Å². The maximum Gasteiger partial charge on any atom is 0.123 e. The molecule has 0 aliphatic rings. The molecule has 1 aromatic heterocycles. The molecule has 4 heteroatoms. The molecule has 0 bridgehead atoms. The molecular formula is C16H22N2OS. The number of methoxy groups -OCH3 is 1. The van der Waals surface area contributed by atoms with Crippen LogP contribution in [0.25, 0.3) is 11.3 Å². The third kappa shape index (κ3) is 3.26. The smallest absolute Gasteiger partial charge is 0.123 e. The molecule has 0 spiro atoms. The summed E-state index contributed by atoms with van der Waals surface area (Å²) in [5.41, 5.74) is 8.91. The lowest BCUT2D eigenvalue weighted by molar-refractivity contribution is 0.0151. The van der Waals surface area contributed by atoms with E-state index in [2.05, 4.69) is 38.3 Å². The zero-order valence-electron chi connectivity index (χ0n) is 12.5. The summed E-state index contributed by atoms with van der Waals surface area (Å²) in [4.78, 5) is 4.74. The first-order chi connectivity index (χ1) is 9.45. The molecule has 2 rings (SSSR count). The number of nitrogens with two attached hydrogens (primary N) is 1. The van der Waals surface area contributed by atoms with Crippen LogP contribution >= 0.6 is 11.3 Å². The average molecular weight is 290 g/mol. The number of ether oxygens (including phenoxy) is 1. The number of nitrogens with zero attached hydrogens (tertiary/aromatic N) is 1. The summed E-state index contributed by atoms with van der Waals surface area (Å²) in [6, 6.07) is 8.23. The van der Waals surface area contributed by atoms with Gasteiger partial charge < -0.3 is 10.5 Å². The molecule has 1 heterocycles. The van der Waals surface area contributed by atoms with Crippen molar-refractivity contribution in [2.24, 2.45) is 11.1 Å². The van der Waals surface area contributed by atoms with E-state index < -0.39 is 0 Å². The van der Waals surface area contributed by atoms with Crippen LogP contribution in [0.1, 0.15) is 37.4 Å². The van der Waals surface area contributed by atoms with Crippen LogP contribution in [0.5, 0.6) is 0 Å². The Balaban J connectivity index is 2.27. The van der Waals surface area contributed by atoms with Gasteiger partial charge in [0.2, 0.25) is 0 Å². The molecule has 0 aliphatic carbocycles. The number of hydrogen-bond acceptors (Lipinski definition) is 4. The molecule has 0 radical (unpaired) electrons. The summed E-state index contributed by atoms with van der Waals surface area (Å²) in [6.07, 6.45) is 0.0181. The second kappa shape index (κ2) is 6.04. The van der Waals surface area contributed by atoms with Crippen LogP contribution in [-0.2, 0) is 11.3 Å². The van der Waals surface area contributed by atoms with Crippen molar-refractivity contribution in [3.8, 4) is 11.3 Å². The van der Waals surface area contributed by atoms with Gasteiger partial charge in [-0.25, -0.2) is 4.98 Å². The minimum Gasteiger partial charge on any atom is -0.374 e. The highest BCUT2D eigenvalue weighted by Gasteiger charge is 2.28. The van der Waals surface area contributed by atoms with Crippen molar-refractivity contribution < 1.29 is 4.74 Å². The van der Waals surface area contributed by atoms with Crippen molar-refractivity contribution in [3.63, 3.8) is 0 Å². The van der Waals surface area contributed by atoms with Gasteiger partial charge in [0.15, 0.2) is 0 Å². The lowest BCUT2D eigenvalue weighted by Gasteiger charge is -2.27. The fourth-order valence-corrected chi connectivity index (χ4v) is 3.32. The molecule has 0 saturated carbocycles. The van der Waals surface area contributed by atoms with Crippen molar-refractivity contribution in [2.75, 3.05) is 7.11 Å². The largest absolute Gasteiger partial charge is 0.374 e. The van der Waals surface area contributed by atoms with Crippen LogP contribution < -0.4 is 5.73 Å². The minimum atomic E-state index is 0.0181. The van der Waals surface area contributed by atoms with Gasteiger partial charge in [0.1, 0.15) is 11.1 Å². The van der Waals surface area contributed by atoms with Crippen molar-refractivity contribution in [1.29, 1.82) is 0 Å². The second-order valence-electron chi connectivity index (χ2n) is 5.95. The number of benzene rings is 1. The monoisotopic (exact) mass is 290 g/mol. The summed E-state index contributed by atoms with van der Waals surface area (Å²) in [6.45, 7) is 7.06. The summed E-state index contributed by atoms with van der Waals surface area (Å²) >= 11 is 1.65. The van der Waals surface area contributed by atoms with Gasteiger partial charge in [0.25, 0.3) is 0 Å². The number of aromatic nitrogens is 1. The van der Waals surface area contributed by atoms with E-state index in [0.29, 0.717) is 6.54 Å². The van der Waals surface area contributed by atoms with E-state index in [0.717, 1.165) is 21.8 Å². The molecule has 0 saturated heterocycles. The maximum atomic E-state index is 5.62. The molecule has 0 aliphatic heterocycles. The number of hydrogen-bond donors (Lipinski definition) is 1. The predicted molar refractivity (Wildman–Crippen MR) is 84.6 cm³/mol.